The summed E-state index contributed by atoms with van der Waals surface area (Å²) in [5, 5.41) is 6.65. The third-order valence-electron chi connectivity index (χ3n) is 8.07. The molecule has 1 aliphatic heterocycles. The van der Waals surface area contributed by atoms with Crippen LogP contribution in [0.25, 0.3) is 11.0 Å². The number of amidine groups is 1. The van der Waals surface area contributed by atoms with Crippen LogP contribution >= 0.6 is 0 Å². The van der Waals surface area contributed by atoms with Gasteiger partial charge in [0.1, 0.15) is 17.5 Å². The Hall–Kier alpha value is -5.30. The predicted octanol–water partition coefficient (Wildman–Crippen LogP) is 3.92. The number of ether oxygens (including phenoxy) is 2. The molecule has 4 N–H and O–H groups in total. The molecule has 2 aromatic heterocycles. The first-order valence-electron chi connectivity index (χ1n) is 16.2. The van der Waals surface area contributed by atoms with E-state index < -0.39 is 0 Å². The van der Waals surface area contributed by atoms with Gasteiger partial charge >= 0.3 is 11.9 Å². The SMILES string of the molecule is CCCOC(=O)CCN(C(=O)c1ccc2c(c1)nc(CNc1ccc(/C(N)=N/COC(=O)CC3CCCN3)cc1)n2C)c1ccccn1. The summed E-state index contributed by atoms with van der Waals surface area (Å²) >= 11 is 0. The zero-order valence-corrected chi connectivity index (χ0v) is 27.4. The van der Waals surface area contributed by atoms with Gasteiger partial charge in [-0.3, -0.25) is 19.3 Å². The molecule has 1 amide bonds. The molecule has 13 nitrogen and oxygen atoms in total. The number of hydrogen-bond acceptors (Lipinski definition) is 10. The minimum Gasteiger partial charge on any atom is -0.466 e. The summed E-state index contributed by atoms with van der Waals surface area (Å²) in [6.45, 7) is 3.66. The standard InChI is InChI=1S/C35H42N8O5/c1-3-19-47-32(44)15-18-43(30-8-4-5-16-38-30)35(46)25-11-14-29-28(20-25)41-31(42(29)2)22-39-26-12-9-24(10-13-26)34(36)40-23-48-33(45)21-27-7-6-17-37-27/h4-5,8-14,16,20,27,37,39H,3,6-7,15,17-19,21-23H2,1-2H3,(H2,36,40). The maximum atomic E-state index is 13.7. The van der Waals surface area contributed by atoms with Gasteiger partial charge in [-0.05, 0) is 80.4 Å². The highest BCUT2D eigenvalue weighted by molar-refractivity contribution is 6.07. The van der Waals surface area contributed by atoms with E-state index >= 15 is 0 Å². The number of aromatic nitrogens is 3. The summed E-state index contributed by atoms with van der Waals surface area (Å²) in [5.74, 6) is 0.572. The van der Waals surface area contributed by atoms with Gasteiger partial charge in [-0.25, -0.2) is 15.0 Å². The minimum atomic E-state index is -0.362. The van der Waals surface area contributed by atoms with E-state index in [1.807, 2.05) is 48.9 Å². The van der Waals surface area contributed by atoms with Crippen LogP contribution in [0.5, 0.6) is 0 Å². The lowest BCUT2D eigenvalue weighted by atomic mass is 10.1. The number of nitrogens with one attached hydrogen (secondary N) is 2. The largest absolute Gasteiger partial charge is 0.466 e. The van der Waals surface area contributed by atoms with Crippen LogP contribution in [0.4, 0.5) is 11.5 Å². The third-order valence-corrected chi connectivity index (χ3v) is 8.07. The maximum Gasteiger partial charge on any atom is 0.309 e. The van der Waals surface area contributed by atoms with Crippen molar-refractivity contribution in [1.29, 1.82) is 0 Å². The topological polar surface area (TPSA) is 166 Å². The van der Waals surface area contributed by atoms with Gasteiger partial charge in [0.05, 0.1) is 37.0 Å². The van der Waals surface area contributed by atoms with Gasteiger partial charge in [-0.1, -0.05) is 13.0 Å². The molecular weight excluding hydrogens is 612 g/mol. The Balaban J connectivity index is 1.20. The van der Waals surface area contributed by atoms with E-state index in [2.05, 4.69) is 20.6 Å². The van der Waals surface area contributed by atoms with Crippen LogP contribution in [0.15, 0.2) is 71.9 Å². The van der Waals surface area contributed by atoms with E-state index in [0.29, 0.717) is 42.0 Å². The number of esters is 2. The lowest BCUT2D eigenvalue weighted by molar-refractivity contribution is -0.144. The molecule has 1 saturated heterocycles. The van der Waals surface area contributed by atoms with Gasteiger partial charge in [0.15, 0.2) is 6.73 Å². The number of amides is 1. The number of aryl methyl sites for hydroxylation is 1. The second-order valence-corrected chi connectivity index (χ2v) is 11.5. The van der Waals surface area contributed by atoms with Gasteiger partial charge in [-0.15, -0.1) is 0 Å². The van der Waals surface area contributed by atoms with E-state index in [4.69, 9.17) is 20.2 Å². The number of rotatable bonds is 15. The Labute approximate surface area is 279 Å². The Morgan fingerprint density at radius 2 is 1.90 bits per heavy atom. The second kappa shape index (κ2) is 16.5. The summed E-state index contributed by atoms with van der Waals surface area (Å²) in [6, 6.07) is 18.3. The van der Waals surface area contributed by atoms with Crippen LogP contribution in [0, 0.1) is 0 Å². The molecule has 1 fully saturated rings. The number of imidazole rings is 1. The van der Waals surface area contributed by atoms with Gasteiger partial charge in [0, 0.05) is 42.6 Å². The van der Waals surface area contributed by atoms with Crippen LogP contribution in [-0.4, -0.2) is 70.7 Å². The Morgan fingerprint density at radius 1 is 1.08 bits per heavy atom. The first-order chi connectivity index (χ1) is 23.3. The summed E-state index contributed by atoms with van der Waals surface area (Å²) in [7, 11) is 1.92. The van der Waals surface area contributed by atoms with Crippen molar-refractivity contribution in [3.8, 4) is 0 Å². The summed E-state index contributed by atoms with van der Waals surface area (Å²) in [4.78, 5) is 52.7. The summed E-state index contributed by atoms with van der Waals surface area (Å²) < 4.78 is 12.4. The molecule has 0 spiro atoms. The highest BCUT2D eigenvalue weighted by Crippen LogP contribution is 2.21. The molecule has 1 atom stereocenters. The maximum absolute atomic E-state index is 13.7. The molecule has 0 aliphatic carbocycles. The lowest BCUT2D eigenvalue weighted by Gasteiger charge is -2.21. The highest BCUT2D eigenvalue weighted by atomic mass is 16.5. The molecule has 4 aromatic rings. The molecule has 3 heterocycles. The number of carbonyl (C=O) groups is 3. The van der Waals surface area contributed by atoms with E-state index in [1.165, 1.54) is 4.90 Å². The van der Waals surface area contributed by atoms with Gasteiger partial charge in [-0.2, -0.15) is 0 Å². The molecule has 2 aromatic carbocycles. The van der Waals surface area contributed by atoms with Crippen molar-refractivity contribution in [2.45, 2.75) is 51.6 Å². The van der Waals surface area contributed by atoms with Crippen molar-refractivity contribution in [3.63, 3.8) is 0 Å². The molecule has 0 radical (unpaired) electrons. The first kappa shape index (κ1) is 34.0. The zero-order valence-electron chi connectivity index (χ0n) is 27.4. The van der Waals surface area contributed by atoms with E-state index in [1.54, 1.807) is 36.5 Å². The summed E-state index contributed by atoms with van der Waals surface area (Å²) in [6.07, 6.45) is 4.78. The number of fused-ring (bicyclic) bond motifs is 1. The van der Waals surface area contributed by atoms with E-state index in [0.717, 1.165) is 42.8 Å². The lowest BCUT2D eigenvalue weighted by Crippen LogP contribution is -2.34. The van der Waals surface area contributed by atoms with Crippen molar-refractivity contribution in [3.05, 3.63) is 83.8 Å². The number of nitrogens with two attached hydrogens (primary N) is 1. The van der Waals surface area contributed by atoms with Gasteiger partial charge in [0.2, 0.25) is 0 Å². The van der Waals surface area contributed by atoms with Crippen LogP contribution in [-0.2, 0) is 32.7 Å². The van der Waals surface area contributed by atoms with Crippen LogP contribution in [0.3, 0.4) is 0 Å². The van der Waals surface area contributed by atoms with Crippen molar-refractivity contribution in [2.75, 3.05) is 36.6 Å². The Bertz CT molecular complexity index is 1730. The normalized spacial score (nSPS) is 14.5. The average Bonchev–Trinajstić information content (AvgIpc) is 3.73. The van der Waals surface area contributed by atoms with Crippen molar-refractivity contribution >= 4 is 46.2 Å². The summed E-state index contributed by atoms with van der Waals surface area (Å²) in [5.41, 5.74) is 9.66. The molecule has 1 aliphatic rings. The Morgan fingerprint density at radius 3 is 2.62 bits per heavy atom. The van der Waals surface area contributed by atoms with Crippen LogP contribution in [0.2, 0.25) is 0 Å². The van der Waals surface area contributed by atoms with Crippen LogP contribution < -0.4 is 21.3 Å². The van der Waals surface area contributed by atoms with Crippen molar-refractivity contribution in [2.24, 2.45) is 17.8 Å². The molecule has 48 heavy (non-hydrogen) atoms. The fourth-order valence-electron chi connectivity index (χ4n) is 5.42. The molecule has 0 bridgehead atoms. The third kappa shape index (κ3) is 8.94. The molecular formula is C35H42N8O5. The number of nitrogens with zero attached hydrogens (tertiary/aromatic N) is 5. The number of aliphatic imine (C=N–C) groups is 1. The van der Waals surface area contributed by atoms with Crippen molar-refractivity contribution in [1.82, 2.24) is 19.9 Å². The molecule has 5 rings (SSSR count). The number of pyridine rings is 1. The second-order valence-electron chi connectivity index (χ2n) is 11.5. The predicted molar refractivity (Wildman–Crippen MR) is 184 cm³/mol. The number of hydrogen-bond donors (Lipinski definition) is 3. The van der Waals surface area contributed by atoms with Crippen LogP contribution in [0.1, 0.15) is 60.8 Å². The average molecular weight is 655 g/mol. The Kier molecular flexibility index (Phi) is 11.7. The number of benzene rings is 2. The van der Waals surface area contributed by atoms with E-state index in [-0.39, 0.29) is 49.4 Å². The molecule has 13 heteroatoms. The highest BCUT2D eigenvalue weighted by Gasteiger charge is 2.22. The first-order valence-corrected chi connectivity index (χ1v) is 16.2. The molecule has 252 valence electrons. The smallest absolute Gasteiger partial charge is 0.309 e. The zero-order chi connectivity index (χ0) is 33.9. The molecule has 1 unspecified atom stereocenters. The van der Waals surface area contributed by atoms with Crippen molar-refractivity contribution < 1.29 is 23.9 Å². The fraction of sp³-hybridized carbons (Fsp3) is 0.371. The number of anilines is 2. The fourth-order valence-corrected chi connectivity index (χ4v) is 5.42. The minimum absolute atomic E-state index is 0.0538. The van der Waals surface area contributed by atoms with E-state index in [9.17, 15) is 14.4 Å². The monoisotopic (exact) mass is 654 g/mol. The van der Waals surface area contributed by atoms with Gasteiger partial charge in [0.25, 0.3) is 5.91 Å². The quantitative estimate of drug-likeness (QED) is 0.0972. The molecule has 0 saturated carbocycles. The van der Waals surface area contributed by atoms with Gasteiger partial charge < -0.3 is 30.4 Å². The number of carbonyl (C=O) groups excluding carboxylic acids is 3.